The van der Waals surface area contributed by atoms with Crippen LogP contribution in [0.1, 0.15) is 29.6 Å². The highest BCUT2D eigenvalue weighted by Crippen LogP contribution is 2.29. The number of carboxylic acids is 1. The topological polar surface area (TPSA) is 86.6 Å². The summed E-state index contributed by atoms with van der Waals surface area (Å²) >= 11 is 1.60. The number of carbonyl (C=O) groups is 2. The van der Waals surface area contributed by atoms with Crippen LogP contribution in [0.4, 0.5) is 5.69 Å². The molecule has 2 rings (SSSR count). The zero-order valence-electron chi connectivity index (χ0n) is 10.3. The van der Waals surface area contributed by atoms with Gasteiger partial charge in [0.25, 0.3) is 0 Å². The molecule has 1 unspecified atom stereocenters. The smallest absolute Gasteiger partial charge is 0.335 e. The van der Waals surface area contributed by atoms with Crippen LogP contribution < -0.4 is 5.32 Å². The van der Waals surface area contributed by atoms with Gasteiger partial charge in [-0.2, -0.15) is 0 Å². The summed E-state index contributed by atoms with van der Waals surface area (Å²) in [5.74, 6) is -0.441. The molecule has 3 N–H and O–H groups in total. The normalized spacial score (nSPS) is 18.8. The molecule has 1 saturated heterocycles. The van der Waals surface area contributed by atoms with Crippen LogP contribution >= 0.6 is 11.8 Å². The second-order valence-electron chi connectivity index (χ2n) is 4.38. The van der Waals surface area contributed by atoms with Crippen LogP contribution in [-0.4, -0.2) is 33.1 Å². The van der Waals surface area contributed by atoms with Gasteiger partial charge in [0, 0.05) is 0 Å². The average molecular weight is 281 g/mol. The highest BCUT2D eigenvalue weighted by molar-refractivity contribution is 8.00. The first-order valence-electron chi connectivity index (χ1n) is 6.06. The number of benzene rings is 1. The summed E-state index contributed by atoms with van der Waals surface area (Å²) in [6.07, 6.45) is 2.95. The van der Waals surface area contributed by atoms with Gasteiger partial charge in [-0.05, 0) is 36.8 Å². The molecular weight excluding hydrogens is 266 g/mol. The summed E-state index contributed by atoms with van der Waals surface area (Å²) < 4.78 is 0. The largest absolute Gasteiger partial charge is 0.506 e. The molecule has 0 saturated carbocycles. The summed E-state index contributed by atoms with van der Waals surface area (Å²) in [5.41, 5.74) is 0.181. The molecule has 0 aliphatic carbocycles. The number of phenols is 1. The molecule has 1 aliphatic heterocycles. The summed E-state index contributed by atoms with van der Waals surface area (Å²) in [4.78, 5) is 22.9. The number of aromatic hydroxyl groups is 1. The van der Waals surface area contributed by atoms with Gasteiger partial charge in [0.1, 0.15) is 5.75 Å². The van der Waals surface area contributed by atoms with Crippen LogP contribution in [-0.2, 0) is 4.79 Å². The van der Waals surface area contributed by atoms with Gasteiger partial charge in [-0.3, -0.25) is 4.79 Å². The quantitative estimate of drug-likeness (QED) is 0.740. The lowest BCUT2D eigenvalue weighted by atomic mass is 10.1. The zero-order valence-corrected chi connectivity index (χ0v) is 11.1. The van der Waals surface area contributed by atoms with E-state index in [0.717, 1.165) is 25.0 Å². The fourth-order valence-corrected chi connectivity index (χ4v) is 3.13. The molecule has 0 aromatic heterocycles. The number of hydrogen-bond donors (Lipinski definition) is 3. The minimum atomic E-state index is -1.09. The van der Waals surface area contributed by atoms with Gasteiger partial charge >= 0.3 is 5.97 Å². The van der Waals surface area contributed by atoms with Crippen molar-refractivity contribution in [1.82, 2.24) is 0 Å². The molecule has 0 bridgehead atoms. The highest BCUT2D eigenvalue weighted by atomic mass is 32.2. The van der Waals surface area contributed by atoms with Crippen molar-refractivity contribution < 1.29 is 19.8 Å². The summed E-state index contributed by atoms with van der Waals surface area (Å²) in [6, 6.07) is 3.83. The van der Waals surface area contributed by atoms with Gasteiger partial charge < -0.3 is 15.5 Å². The average Bonchev–Trinajstić information content (AvgIpc) is 2.42. The number of rotatable bonds is 3. The van der Waals surface area contributed by atoms with Crippen LogP contribution in [0.25, 0.3) is 0 Å². The number of aromatic carboxylic acids is 1. The minimum Gasteiger partial charge on any atom is -0.506 e. The standard InChI is InChI=1S/C13H15NO4S/c15-10-5-4-8(13(17)18)7-9(10)14-12(16)11-3-1-2-6-19-11/h4-5,7,11,15H,1-3,6H2,(H,14,16)(H,17,18). The number of carboxylic acid groups (broad SMARTS) is 1. The van der Waals surface area contributed by atoms with Crippen molar-refractivity contribution in [3.05, 3.63) is 23.8 Å². The molecule has 1 heterocycles. The number of amides is 1. The Morgan fingerprint density at radius 3 is 2.74 bits per heavy atom. The molecule has 5 nitrogen and oxygen atoms in total. The number of anilines is 1. The molecule has 1 aromatic rings. The molecule has 0 radical (unpaired) electrons. The van der Waals surface area contributed by atoms with Gasteiger partial charge in [0.05, 0.1) is 16.5 Å². The van der Waals surface area contributed by atoms with Crippen LogP contribution in [0, 0.1) is 0 Å². The molecule has 19 heavy (non-hydrogen) atoms. The molecular formula is C13H15NO4S. The van der Waals surface area contributed by atoms with E-state index < -0.39 is 5.97 Å². The predicted octanol–water partition coefficient (Wildman–Crippen LogP) is 2.31. The Morgan fingerprint density at radius 2 is 2.11 bits per heavy atom. The molecule has 6 heteroatoms. The van der Waals surface area contributed by atoms with Crippen molar-refractivity contribution in [1.29, 1.82) is 0 Å². The van der Waals surface area contributed by atoms with Crippen molar-refractivity contribution in [2.45, 2.75) is 24.5 Å². The lowest BCUT2D eigenvalue weighted by Gasteiger charge is -2.20. The van der Waals surface area contributed by atoms with E-state index in [1.807, 2.05) is 0 Å². The van der Waals surface area contributed by atoms with Gasteiger partial charge in [-0.25, -0.2) is 4.79 Å². The van der Waals surface area contributed by atoms with Crippen LogP contribution in [0.3, 0.4) is 0 Å². The Balaban J connectivity index is 2.11. The Labute approximate surface area is 115 Å². The number of hydrogen-bond acceptors (Lipinski definition) is 4. The van der Waals surface area contributed by atoms with Crippen molar-refractivity contribution in [3.63, 3.8) is 0 Å². The zero-order chi connectivity index (χ0) is 13.8. The number of phenolic OH excluding ortho intramolecular Hbond substituents is 1. The maximum Gasteiger partial charge on any atom is 0.335 e. The number of nitrogens with one attached hydrogen (secondary N) is 1. The van der Waals surface area contributed by atoms with Crippen molar-refractivity contribution in [2.75, 3.05) is 11.1 Å². The number of carbonyl (C=O) groups excluding carboxylic acids is 1. The van der Waals surface area contributed by atoms with Gasteiger partial charge in [-0.15, -0.1) is 11.8 Å². The van der Waals surface area contributed by atoms with Crippen molar-refractivity contribution in [3.8, 4) is 5.75 Å². The molecule has 1 fully saturated rings. The van der Waals surface area contributed by atoms with E-state index in [9.17, 15) is 14.7 Å². The van der Waals surface area contributed by atoms with E-state index in [1.165, 1.54) is 18.2 Å². The Morgan fingerprint density at radius 1 is 1.32 bits per heavy atom. The van der Waals surface area contributed by atoms with E-state index in [0.29, 0.717) is 0 Å². The van der Waals surface area contributed by atoms with Gasteiger partial charge in [0.15, 0.2) is 0 Å². The Kier molecular flexibility index (Phi) is 4.31. The number of thioether (sulfide) groups is 1. The fourth-order valence-electron chi connectivity index (χ4n) is 1.93. The minimum absolute atomic E-state index is 0.0318. The monoisotopic (exact) mass is 281 g/mol. The van der Waals surface area contributed by atoms with Crippen LogP contribution in [0.2, 0.25) is 0 Å². The van der Waals surface area contributed by atoms with Crippen LogP contribution in [0.15, 0.2) is 18.2 Å². The molecule has 102 valence electrons. The SMILES string of the molecule is O=C(O)c1ccc(O)c(NC(=O)C2CCCCS2)c1. The second-order valence-corrected chi connectivity index (χ2v) is 5.69. The molecule has 1 atom stereocenters. The fraction of sp³-hybridized carbons (Fsp3) is 0.385. The Bertz CT molecular complexity index is 497. The lowest BCUT2D eigenvalue weighted by molar-refractivity contribution is -0.115. The second kappa shape index (κ2) is 5.97. The molecule has 0 spiro atoms. The van der Waals surface area contributed by atoms with Crippen LogP contribution in [0.5, 0.6) is 5.75 Å². The van der Waals surface area contributed by atoms with E-state index in [-0.39, 0.29) is 28.2 Å². The van der Waals surface area contributed by atoms with E-state index in [2.05, 4.69) is 5.32 Å². The van der Waals surface area contributed by atoms with E-state index >= 15 is 0 Å². The lowest BCUT2D eigenvalue weighted by Crippen LogP contribution is -2.27. The Hall–Kier alpha value is -1.69. The van der Waals surface area contributed by atoms with Crippen molar-refractivity contribution in [2.24, 2.45) is 0 Å². The third-order valence-electron chi connectivity index (χ3n) is 2.97. The summed E-state index contributed by atoms with van der Waals surface area (Å²) in [5, 5.41) is 21.0. The molecule has 1 aromatic carbocycles. The van der Waals surface area contributed by atoms with E-state index in [4.69, 9.17) is 5.11 Å². The molecule has 1 aliphatic rings. The first-order chi connectivity index (χ1) is 9.08. The highest BCUT2D eigenvalue weighted by Gasteiger charge is 2.22. The third-order valence-corrected chi connectivity index (χ3v) is 4.35. The predicted molar refractivity (Wildman–Crippen MR) is 73.8 cm³/mol. The summed E-state index contributed by atoms with van der Waals surface area (Å²) in [6.45, 7) is 0. The first kappa shape index (κ1) is 13.7. The maximum absolute atomic E-state index is 12.0. The van der Waals surface area contributed by atoms with Gasteiger partial charge in [-0.1, -0.05) is 6.42 Å². The van der Waals surface area contributed by atoms with Crippen molar-refractivity contribution >= 4 is 29.3 Å². The van der Waals surface area contributed by atoms with E-state index in [1.54, 1.807) is 11.8 Å². The molecule has 1 amide bonds. The summed E-state index contributed by atoms with van der Waals surface area (Å²) in [7, 11) is 0. The maximum atomic E-state index is 12.0. The third kappa shape index (κ3) is 3.41. The van der Waals surface area contributed by atoms with Gasteiger partial charge in [0.2, 0.25) is 5.91 Å². The first-order valence-corrected chi connectivity index (χ1v) is 7.11.